The summed E-state index contributed by atoms with van der Waals surface area (Å²) in [5.41, 5.74) is 106. The predicted octanol–water partition coefficient (Wildman–Crippen LogP) is -13.2. The second kappa shape index (κ2) is 50.9. The number of guanidine groups is 9. The van der Waals surface area contributed by atoms with Gasteiger partial charge in [0.1, 0.15) is 48.3 Å². The molecule has 0 aromatic rings. The van der Waals surface area contributed by atoms with Gasteiger partial charge in [-0.1, -0.05) is 0 Å². The average molecular weight is 1420 g/mol. The standard InChI is InChI=1S/C54H110N36O10/c55-28(10-1-19-74-46(56)57)37(91)83-29(11-2-20-75-47(58)59)38(92)84-30(12-3-21-76-48(60)61)39(93)85-31(13-4-22-77-49(62)63)40(94)86-32(14-5-23-78-50(64)65)41(95)87-33(15-6-24-79-51(66)67)42(96)88-34(16-7-25-80-52(68)69)43(97)89-35(17-8-26-81-53(70)71)44(98)90-36(45(99)100)18-9-27-82-54(72)73/h28-36H,1-27,55H2,(H,83,91)(H,84,92)(H,85,93)(H,86,94)(H,87,95)(H,88,96)(H,89,97)(H,90,98)(H,99,100)(H4,56,57,74)(H4,58,59,75)(H4,60,61,76)(H4,62,63,77)(H4,64,65,78)(H4,66,67,79)(H4,68,69,80)(H4,70,71,81)(H4,72,73,82)/t28-,29+,30-,31+,32-,33+,34-,35+,36-/m0/s1. The number of aliphatic imine (C=N–C) groups is 9. The molecule has 0 fully saturated rings. The van der Waals surface area contributed by atoms with E-state index >= 15 is 0 Å². The molecule has 566 valence electrons. The van der Waals surface area contributed by atoms with Crippen LogP contribution in [-0.2, 0) is 43.2 Å². The van der Waals surface area contributed by atoms with Gasteiger partial charge in [-0.05, 0) is 116 Å². The van der Waals surface area contributed by atoms with Gasteiger partial charge in [-0.2, -0.15) is 0 Å². The smallest absolute Gasteiger partial charge is 0.326 e. The van der Waals surface area contributed by atoms with Gasteiger partial charge in [0.05, 0.1) is 6.04 Å². The van der Waals surface area contributed by atoms with Gasteiger partial charge in [-0.25, -0.2) is 4.79 Å². The van der Waals surface area contributed by atoms with Crippen LogP contribution in [0.25, 0.3) is 0 Å². The van der Waals surface area contributed by atoms with Crippen molar-refractivity contribution in [2.75, 3.05) is 58.9 Å². The highest BCUT2D eigenvalue weighted by molar-refractivity contribution is 5.98. The Morgan fingerprint density at radius 2 is 0.350 bits per heavy atom. The molecular weight excluding hydrogens is 1310 g/mol. The number of nitrogens with one attached hydrogen (secondary N) is 8. The summed E-state index contributed by atoms with van der Waals surface area (Å²) in [6.07, 6.45) is -0.458. The van der Waals surface area contributed by atoms with Crippen LogP contribution in [0.15, 0.2) is 44.9 Å². The monoisotopic (exact) mass is 1420 g/mol. The third-order valence-electron chi connectivity index (χ3n) is 13.9. The van der Waals surface area contributed by atoms with E-state index in [2.05, 4.69) is 87.5 Å². The van der Waals surface area contributed by atoms with E-state index in [1.807, 2.05) is 0 Å². The lowest BCUT2D eigenvalue weighted by atomic mass is 10.0. The van der Waals surface area contributed by atoms with Crippen molar-refractivity contribution < 1.29 is 48.3 Å². The zero-order valence-corrected chi connectivity index (χ0v) is 56.4. The maximum absolute atomic E-state index is 14.8. The first kappa shape index (κ1) is 88.6. The molecule has 46 nitrogen and oxygen atoms in total. The van der Waals surface area contributed by atoms with Crippen LogP contribution >= 0.6 is 0 Å². The molecule has 8 amide bonds. The molecule has 0 saturated carbocycles. The third-order valence-corrected chi connectivity index (χ3v) is 13.9. The molecule has 0 aliphatic heterocycles. The van der Waals surface area contributed by atoms with Crippen LogP contribution in [0.1, 0.15) is 116 Å². The Morgan fingerprint density at radius 3 is 0.500 bits per heavy atom. The van der Waals surface area contributed by atoms with Gasteiger partial charge in [0.2, 0.25) is 47.3 Å². The molecule has 46 heteroatoms. The van der Waals surface area contributed by atoms with Crippen molar-refractivity contribution >= 4 is 107 Å². The molecule has 9 atom stereocenters. The van der Waals surface area contributed by atoms with Crippen LogP contribution in [0, 0.1) is 0 Å². The summed E-state index contributed by atoms with van der Waals surface area (Å²) in [5, 5.41) is 30.8. The Bertz CT molecular complexity index is 2850. The summed E-state index contributed by atoms with van der Waals surface area (Å²) in [7, 11) is 0. The summed E-state index contributed by atoms with van der Waals surface area (Å²) in [4.78, 5) is 163. The van der Waals surface area contributed by atoms with E-state index in [1.165, 1.54) is 0 Å². The van der Waals surface area contributed by atoms with Crippen LogP contribution in [0.5, 0.6) is 0 Å². The largest absolute Gasteiger partial charge is 0.480 e. The van der Waals surface area contributed by atoms with Crippen molar-refractivity contribution in [3.63, 3.8) is 0 Å². The second-order valence-corrected chi connectivity index (χ2v) is 22.5. The molecule has 0 aromatic heterocycles. The van der Waals surface area contributed by atoms with E-state index in [0.717, 1.165) is 0 Å². The Morgan fingerprint density at radius 1 is 0.220 bits per heavy atom. The highest BCUT2D eigenvalue weighted by Gasteiger charge is 2.35. The molecule has 0 radical (unpaired) electrons. The van der Waals surface area contributed by atoms with Crippen molar-refractivity contribution in [3.8, 4) is 0 Å². The molecule has 47 N–H and O–H groups in total. The van der Waals surface area contributed by atoms with E-state index < -0.39 is 108 Å². The topological polar surface area (TPSA) is 876 Å². The fraction of sp³-hybridized carbons (Fsp3) is 0.667. The second-order valence-electron chi connectivity index (χ2n) is 22.5. The van der Waals surface area contributed by atoms with E-state index in [4.69, 9.17) is 109 Å². The zero-order valence-electron chi connectivity index (χ0n) is 56.4. The van der Waals surface area contributed by atoms with E-state index in [-0.39, 0.29) is 222 Å². The minimum Gasteiger partial charge on any atom is -0.480 e. The summed E-state index contributed by atoms with van der Waals surface area (Å²) >= 11 is 0. The van der Waals surface area contributed by atoms with Crippen LogP contribution in [-0.4, -0.2) is 225 Å². The van der Waals surface area contributed by atoms with Gasteiger partial charge in [0, 0.05) is 58.9 Å². The van der Waals surface area contributed by atoms with Gasteiger partial charge >= 0.3 is 5.97 Å². The van der Waals surface area contributed by atoms with E-state index in [0.29, 0.717) is 6.42 Å². The average Bonchev–Trinajstić information content (AvgIpc) is 0.869. The third kappa shape index (κ3) is 44.4. The summed E-state index contributed by atoms with van der Waals surface area (Å²) in [5.74, 6) is -11.2. The summed E-state index contributed by atoms with van der Waals surface area (Å²) in [6.45, 7) is -0.0913. The molecule has 0 rings (SSSR count). The van der Waals surface area contributed by atoms with Crippen LogP contribution < -0.4 is 151 Å². The molecule has 0 heterocycles. The summed E-state index contributed by atoms with van der Waals surface area (Å²) < 4.78 is 0. The number of amides is 8. The molecule has 0 aromatic carbocycles. The zero-order chi connectivity index (χ0) is 75.7. The Labute approximate surface area is 578 Å². The number of carboxylic acid groups (broad SMARTS) is 1. The lowest BCUT2D eigenvalue weighted by Gasteiger charge is -2.28. The van der Waals surface area contributed by atoms with E-state index in [9.17, 15) is 48.3 Å². The first-order chi connectivity index (χ1) is 47.1. The first-order valence-corrected chi connectivity index (χ1v) is 32.0. The number of carbonyl (C=O) groups is 9. The quantitative estimate of drug-likeness (QED) is 0.0153. The fourth-order valence-corrected chi connectivity index (χ4v) is 9.00. The number of hydrogen-bond acceptors (Lipinski definition) is 19. The Hall–Kier alpha value is -11.4. The number of carbonyl (C=O) groups excluding carboxylic acids is 8. The number of hydrogen-bond donors (Lipinski definition) is 28. The number of carboxylic acids is 1. The highest BCUT2D eigenvalue weighted by Crippen LogP contribution is 2.12. The lowest BCUT2D eigenvalue weighted by Crippen LogP contribution is -2.60. The van der Waals surface area contributed by atoms with Crippen LogP contribution in [0.2, 0.25) is 0 Å². The highest BCUT2D eigenvalue weighted by atomic mass is 16.4. The van der Waals surface area contributed by atoms with Crippen molar-refractivity contribution in [3.05, 3.63) is 0 Å². The van der Waals surface area contributed by atoms with Crippen molar-refractivity contribution in [2.24, 2.45) is 154 Å². The molecule has 0 bridgehead atoms. The number of nitrogens with two attached hydrogens (primary N) is 19. The van der Waals surface area contributed by atoms with Gasteiger partial charge in [0.15, 0.2) is 53.6 Å². The van der Waals surface area contributed by atoms with Gasteiger partial charge < -0.3 is 157 Å². The van der Waals surface area contributed by atoms with Crippen molar-refractivity contribution in [1.29, 1.82) is 0 Å². The van der Waals surface area contributed by atoms with Crippen molar-refractivity contribution in [1.82, 2.24) is 42.5 Å². The predicted molar refractivity (Wildman–Crippen MR) is 380 cm³/mol. The Kier molecular flexibility index (Phi) is 45.1. The Balaban J connectivity index is 7.75. The van der Waals surface area contributed by atoms with E-state index in [1.54, 1.807) is 0 Å². The minimum absolute atomic E-state index is 0.0134. The lowest BCUT2D eigenvalue weighted by molar-refractivity contribution is -0.142. The van der Waals surface area contributed by atoms with Gasteiger partial charge in [-0.15, -0.1) is 0 Å². The fourth-order valence-electron chi connectivity index (χ4n) is 9.00. The minimum atomic E-state index is -1.57. The van der Waals surface area contributed by atoms with Crippen LogP contribution in [0.4, 0.5) is 0 Å². The number of rotatable bonds is 53. The number of nitrogens with zero attached hydrogens (tertiary/aromatic N) is 9. The first-order valence-electron chi connectivity index (χ1n) is 32.0. The molecule has 0 aliphatic carbocycles. The molecule has 0 unspecified atom stereocenters. The van der Waals surface area contributed by atoms with Crippen molar-refractivity contribution in [2.45, 2.75) is 170 Å². The molecular formula is C54H110N36O10. The summed E-state index contributed by atoms with van der Waals surface area (Å²) in [6, 6.07) is -13.1. The molecule has 100 heavy (non-hydrogen) atoms. The maximum Gasteiger partial charge on any atom is 0.326 e. The normalized spacial score (nSPS) is 13.3. The number of aliphatic carboxylic acids is 1. The molecule has 0 aliphatic rings. The van der Waals surface area contributed by atoms with Gasteiger partial charge in [0.25, 0.3) is 0 Å². The maximum atomic E-state index is 14.8. The van der Waals surface area contributed by atoms with Gasteiger partial charge in [-0.3, -0.25) is 83.3 Å². The molecule has 0 spiro atoms. The van der Waals surface area contributed by atoms with Crippen LogP contribution in [0.3, 0.4) is 0 Å². The SMILES string of the molecule is NC(N)=NCCC[C@H](NC(=O)[C@@H](CCCN=C(N)N)NC(=O)[C@H](CCCN=C(N)N)NC(=O)[C@@H](CCCN=C(N)N)NC(=O)[C@H](CCCN=C(N)N)NC(=O)[C@@H](CCCN=C(N)N)NC(=O)[C@H](CCCN=C(N)N)NC(=O)[C@@H](CCCN=C(N)N)NC(=O)[C@@H](N)CCCN=C(N)N)C(=O)O. The molecule has 0 saturated heterocycles.